The first-order valence-electron chi connectivity index (χ1n) is 19.2. The Bertz CT molecular complexity index is 828. The van der Waals surface area contributed by atoms with E-state index in [1.807, 2.05) is 24.3 Å². The zero-order chi connectivity index (χ0) is 34.6. The smallest absolute Gasteiger partial charge is 0.305 e. The molecule has 6 nitrogen and oxygen atoms in total. The summed E-state index contributed by atoms with van der Waals surface area (Å²) in [5.41, 5.74) is 0. The molecule has 0 aromatic rings. The van der Waals surface area contributed by atoms with Crippen LogP contribution in [0.5, 0.6) is 0 Å². The largest absolute Gasteiger partial charge is 0.463 e. The van der Waals surface area contributed by atoms with E-state index in [4.69, 9.17) is 9.47 Å². The van der Waals surface area contributed by atoms with Crippen molar-refractivity contribution < 1.29 is 29.3 Å². The molecule has 0 aromatic carbocycles. The third-order valence-electron chi connectivity index (χ3n) is 8.08. The van der Waals surface area contributed by atoms with E-state index in [0.29, 0.717) is 25.7 Å². The Morgan fingerprint density at radius 2 is 1.13 bits per heavy atom. The highest BCUT2D eigenvalue weighted by Crippen LogP contribution is 2.14. The number of hydrogen-bond acceptors (Lipinski definition) is 6. The molecular weight excluding hydrogens is 588 g/mol. The van der Waals surface area contributed by atoms with Gasteiger partial charge in [-0.15, -0.1) is 0 Å². The minimum Gasteiger partial charge on any atom is -0.463 e. The summed E-state index contributed by atoms with van der Waals surface area (Å²) in [5, 5.41) is 20.0. The Hall–Kier alpha value is -2.18. The summed E-state index contributed by atoms with van der Waals surface area (Å²) >= 11 is 0. The second-order valence-electron chi connectivity index (χ2n) is 13.4. The van der Waals surface area contributed by atoms with Gasteiger partial charge in [-0.2, -0.15) is 0 Å². The second-order valence-corrected chi connectivity index (χ2v) is 13.4. The van der Waals surface area contributed by atoms with Crippen molar-refractivity contribution in [3.05, 3.63) is 48.6 Å². The summed E-state index contributed by atoms with van der Waals surface area (Å²) in [4.78, 5) is 23.9. The van der Waals surface area contributed by atoms with Crippen LogP contribution in [0.25, 0.3) is 0 Å². The van der Waals surface area contributed by atoms with Crippen molar-refractivity contribution in [1.29, 1.82) is 0 Å². The monoisotopic (exact) mass is 661 g/mol. The van der Waals surface area contributed by atoms with E-state index in [2.05, 4.69) is 39.0 Å². The van der Waals surface area contributed by atoms with Gasteiger partial charge in [0.2, 0.25) is 0 Å². The van der Waals surface area contributed by atoms with Crippen LogP contribution in [0.3, 0.4) is 0 Å². The van der Waals surface area contributed by atoms with E-state index in [1.165, 1.54) is 83.5 Å². The van der Waals surface area contributed by atoms with Crippen molar-refractivity contribution in [2.24, 2.45) is 5.92 Å². The Labute approximate surface area is 289 Å². The predicted molar refractivity (Wildman–Crippen MR) is 197 cm³/mol. The van der Waals surface area contributed by atoms with E-state index in [0.717, 1.165) is 38.0 Å². The highest BCUT2D eigenvalue weighted by molar-refractivity contribution is 5.69. The van der Waals surface area contributed by atoms with Gasteiger partial charge in [-0.1, -0.05) is 159 Å². The van der Waals surface area contributed by atoms with Crippen molar-refractivity contribution in [3.8, 4) is 0 Å². The van der Waals surface area contributed by atoms with Gasteiger partial charge in [-0.05, 0) is 50.9 Å². The number of rotatable bonds is 33. The number of ether oxygens (including phenoxy) is 2. The van der Waals surface area contributed by atoms with Gasteiger partial charge >= 0.3 is 11.9 Å². The number of aliphatic hydroxyl groups excluding tert-OH is 2. The molecule has 2 N–H and O–H groups in total. The molecule has 0 amide bonds. The standard InChI is InChI=1S/C41H72O6/c1-4-5-6-7-8-13-17-21-26-31-38(42)32-27-22-19-24-29-34-41(45)47-36-39(43)35-46-40(44)33-28-23-18-15-12-10-9-11-14-16-20-25-30-37(2)3/h8,13,19,21-22,26-27,32,37-39,42-43H,4-7,9-12,14-18,20,23-25,28-31,33-36H2,1-3H3/b13-8-,22-19+,26-21-,32-27-/t38?,39-/m1/s1. The van der Waals surface area contributed by atoms with Gasteiger partial charge in [0.1, 0.15) is 19.3 Å². The van der Waals surface area contributed by atoms with E-state index in [-0.39, 0.29) is 31.6 Å². The van der Waals surface area contributed by atoms with Crippen LogP contribution in [0.4, 0.5) is 0 Å². The molecule has 0 aliphatic carbocycles. The number of carbonyl (C=O) groups excluding carboxylic acids is 2. The molecule has 0 heterocycles. The first-order valence-corrected chi connectivity index (χ1v) is 19.2. The number of carbonyl (C=O) groups is 2. The molecule has 0 aliphatic heterocycles. The van der Waals surface area contributed by atoms with Crippen molar-refractivity contribution in [3.63, 3.8) is 0 Å². The third kappa shape index (κ3) is 36.5. The summed E-state index contributed by atoms with van der Waals surface area (Å²) < 4.78 is 10.2. The molecule has 6 heteroatoms. The lowest BCUT2D eigenvalue weighted by Crippen LogP contribution is -2.25. The highest BCUT2D eigenvalue weighted by atomic mass is 16.6. The SMILES string of the molecule is CCCCC/C=C\C/C=C\CC(O)/C=C\C=C\CCCC(=O)OC[C@H](O)COC(=O)CCCCCCCCCCCCCCC(C)C. The molecule has 1 unspecified atom stereocenters. The van der Waals surface area contributed by atoms with E-state index >= 15 is 0 Å². The third-order valence-corrected chi connectivity index (χ3v) is 8.08. The minimum absolute atomic E-state index is 0.156. The maximum absolute atomic E-state index is 12.0. The maximum atomic E-state index is 12.0. The van der Waals surface area contributed by atoms with E-state index in [9.17, 15) is 19.8 Å². The molecule has 0 saturated carbocycles. The zero-order valence-electron chi connectivity index (χ0n) is 30.6. The van der Waals surface area contributed by atoms with E-state index in [1.54, 1.807) is 6.08 Å². The Morgan fingerprint density at radius 3 is 1.72 bits per heavy atom. The average Bonchev–Trinajstić information content (AvgIpc) is 3.05. The van der Waals surface area contributed by atoms with Crippen LogP contribution in [-0.2, 0) is 19.1 Å². The summed E-state index contributed by atoms with van der Waals surface area (Å²) in [6, 6.07) is 0. The highest BCUT2D eigenvalue weighted by Gasteiger charge is 2.12. The summed E-state index contributed by atoms with van der Waals surface area (Å²) in [6.45, 7) is 6.48. The van der Waals surface area contributed by atoms with Gasteiger partial charge in [-0.25, -0.2) is 0 Å². The van der Waals surface area contributed by atoms with Crippen molar-refractivity contribution in [2.45, 2.75) is 181 Å². The first-order chi connectivity index (χ1) is 22.8. The topological polar surface area (TPSA) is 93.1 Å². The molecule has 0 spiro atoms. The molecule has 0 fully saturated rings. The minimum atomic E-state index is -1.01. The Balaban J connectivity index is 3.63. The van der Waals surface area contributed by atoms with Crippen LogP contribution in [0.15, 0.2) is 48.6 Å². The first kappa shape index (κ1) is 44.8. The molecule has 0 aromatic heterocycles. The molecule has 0 rings (SSSR count). The van der Waals surface area contributed by atoms with Crippen LogP contribution in [-0.4, -0.2) is 47.6 Å². The average molecular weight is 661 g/mol. The van der Waals surface area contributed by atoms with Crippen LogP contribution >= 0.6 is 0 Å². The fraction of sp³-hybridized carbons (Fsp3) is 0.756. The molecule has 0 aliphatic rings. The van der Waals surface area contributed by atoms with Gasteiger partial charge in [0.15, 0.2) is 0 Å². The van der Waals surface area contributed by atoms with Crippen molar-refractivity contribution in [1.82, 2.24) is 0 Å². The van der Waals surface area contributed by atoms with Crippen LogP contribution < -0.4 is 0 Å². The van der Waals surface area contributed by atoms with Gasteiger partial charge in [0.25, 0.3) is 0 Å². The zero-order valence-corrected chi connectivity index (χ0v) is 30.6. The molecule has 0 radical (unpaired) electrons. The lowest BCUT2D eigenvalue weighted by atomic mass is 10.0. The molecule has 47 heavy (non-hydrogen) atoms. The summed E-state index contributed by atoms with van der Waals surface area (Å²) in [6.07, 6.45) is 39.1. The number of aliphatic hydroxyl groups is 2. The molecule has 0 bridgehead atoms. The normalized spacial score (nSPS) is 13.5. The van der Waals surface area contributed by atoms with Gasteiger partial charge in [0.05, 0.1) is 6.10 Å². The fourth-order valence-corrected chi connectivity index (χ4v) is 5.11. The quantitative estimate of drug-likeness (QED) is 0.0315. The Morgan fingerprint density at radius 1 is 0.596 bits per heavy atom. The number of esters is 2. The molecular formula is C41H72O6. The van der Waals surface area contributed by atoms with Crippen LogP contribution in [0.2, 0.25) is 0 Å². The number of unbranched alkanes of at least 4 members (excludes halogenated alkanes) is 15. The maximum Gasteiger partial charge on any atom is 0.305 e. The fourth-order valence-electron chi connectivity index (χ4n) is 5.11. The lowest BCUT2D eigenvalue weighted by molar-refractivity contribution is -0.152. The van der Waals surface area contributed by atoms with Gasteiger partial charge in [-0.3, -0.25) is 9.59 Å². The molecule has 0 saturated heterocycles. The second kappa shape index (κ2) is 35.1. The molecule has 2 atom stereocenters. The number of hydrogen-bond donors (Lipinski definition) is 2. The van der Waals surface area contributed by atoms with Crippen LogP contribution in [0.1, 0.15) is 168 Å². The number of allylic oxidation sites excluding steroid dienone is 6. The van der Waals surface area contributed by atoms with E-state index < -0.39 is 12.2 Å². The van der Waals surface area contributed by atoms with Gasteiger partial charge < -0.3 is 19.7 Å². The summed E-state index contributed by atoms with van der Waals surface area (Å²) in [5.74, 6) is 0.142. The van der Waals surface area contributed by atoms with Crippen molar-refractivity contribution >= 4 is 11.9 Å². The predicted octanol–water partition coefficient (Wildman–Crippen LogP) is 10.7. The Kier molecular flexibility index (Phi) is 33.5. The van der Waals surface area contributed by atoms with Gasteiger partial charge in [0, 0.05) is 12.8 Å². The van der Waals surface area contributed by atoms with Crippen LogP contribution in [0, 0.1) is 5.92 Å². The summed E-state index contributed by atoms with van der Waals surface area (Å²) in [7, 11) is 0. The molecule has 272 valence electrons. The van der Waals surface area contributed by atoms with Crippen molar-refractivity contribution in [2.75, 3.05) is 13.2 Å². The lowest BCUT2D eigenvalue weighted by Gasteiger charge is -2.12.